The maximum atomic E-state index is 9.97. The van der Waals surface area contributed by atoms with Crippen molar-refractivity contribution in [2.24, 2.45) is 17.8 Å². The minimum absolute atomic E-state index is 0.526. The van der Waals surface area contributed by atoms with E-state index in [1.165, 1.54) is 12.8 Å². The van der Waals surface area contributed by atoms with E-state index in [-0.39, 0.29) is 0 Å². The summed E-state index contributed by atoms with van der Waals surface area (Å²) in [6.07, 6.45) is 8.29. The van der Waals surface area contributed by atoms with Gasteiger partial charge in [0.05, 0.1) is 5.60 Å². The molecular formula is C14H25NO. The fourth-order valence-electron chi connectivity index (χ4n) is 3.06. The molecule has 0 saturated heterocycles. The van der Waals surface area contributed by atoms with Gasteiger partial charge in [-0.1, -0.05) is 19.1 Å². The van der Waals surface area contributed by atoms with Crippen LogP contribution in [0.2, 0.25) is 0 Å². The van der Waals surface area contributed by atoms with Crippen LogP contribution in [0, 0.1) is 17.8 Å². The van der Waals surface area contributed by atoms with Crippen LogP contribution in [-0.4, -0.2) is 23.3 Å². The molecule has 0 aromatic heterocycles. The highest BCUT2D eigenvalue weighted by atomic mass is 16.3. The van der Waals surface area contributed by atoms with Crippen molar-refractivity contribution in [2.45, 2.75) is 51.7 Å². The molecule has 0 aromatic carbocycles. The fraction of sp³-hybridized carbons (Fsp3) is 0.857. The molecule has 0 radical (unpaired) electrons. The fourth-order valence-corrected chi connectivity index (χ4v) is 3.06. The normalized spacial score (nSPS) is 37.6. The highest BCUT2D eigenvalue weighted by Crippen LogP contribution is 2.44. The molecule has 0 heterocycles. The summed E-state index contributed by atoms with van der Waals surface area (Å²) >= 11 is 0. The Balaban J connectivity index is 1.81. The van der Waals surface area contributed by atoms with E-state index in [1.54, 1.807) is 0 Å². The zero-order valence-corrected chi connectivity index (χ0v) is 10.7. The zero-order chi connectivity index (χ0) is 11.8. The van der Waals surface area contributed by atoms with Crippen LogP contribution in [0.4, 0.5) is 0 Å². The van der Waals surface area contributed by atoms with Crippen LogP contribution in [0.25, 0.3) is 0 Å². The van der Waals surface area contributed by atoms with Crippen LogP contribution >= 0.6 is 0 Å². The van der Waals surface area contributed by atoms with Gasteiger partial charge in [0.25, 0.3) is 0 Å². The third-order valence-corrected chi connectivity index (χ3v) is 4.54. The van der Waals surface area contributed by atoms with E-state index in [0.29, 0.717) is 12.6 Å². The van der Waals surface area contributed by atoms with Crippen molar-refractivity contribution >= 4 is 0 Å². The molecule has 0 aromatic rings. The first-order valence-electron chi connectivity index (χ1n) is 6.66. The summed E-state index contributed by atoms with van der Waals surface area (Å²) in [6, 6.07) is 0.526. The van der Waals surface area contributed by atoms with Gasteiger partial charge in [-0.15, -0.1) is 0 Å². The van der Waals surface area contributed by atoms with Crippen LogP contribution in [0.1, 0.15) is 40.0 Å². The smallest absolute Gasteiger partial charge is 0.0741 e. The summed E-state index contributed by atoms with van der Waals surface area (Å²) in [7, 11) is 0. The van der Waals surface area contributed by atoms with E-state index in [4.69, 9.17) is 0 Å². The number of hydrogen-bond donors (Lipinski definition) is 2. The highest BCUT2D eigenvalue weighted by Gasteiger charge is 2.38. The topological polar surface area (TPSA) is 32.3 Å². The summed E-state index contributed by atoms with van der Waals surface area (Å²) < 4.78 is 0. The summed E-state index contributed by atoms with van der Waals surface area (Å²) in [6.45, 7) is 6.92. The number of aliphatic hydroxyl groups is 1. The molecule has 0 amide bonds. The van der Waals surface area contributed by atoms with E-state index in [2.05, 4.69) is 24.4 Å². The molecule has 92 valence electrons. The number of fused-ring (bicyclic) bond motifs is 2. The zero-order valence-electron chi connectivity index (χ0n) is 10.7. The molecule has 1 saturated carbocycles. The standard InChI is InChI=1S/C14H25NO/c1-4-14(3,16)9-15-10(2)13-8-11-5-6-12(13)7-11/h5-6,10-13,15-16H,4,7-9H2,1-3H3. The average molecular weight is 223 g/mol. The first-order valence-corrected chi connectivity index (χ1v) is 6.66. The van der Waals surface area contributed by atoms with Gasteiger partial charge in [-0.2, -0.15) is 0 Å². The first-order chi connectivity index (χ1) is 7.52. The van der Waals surface area contributed by atoms with Crippen molar-refractivity contribution in [1.29, 1.82) is 0 Å². The summed E-state index contributed by atoms with van der Waals surface area (Å²) in [4.78, 5) is 0. The predicted octanol–water partition coefficient (Wildman–Crippen LogP) is 2.34. The lowest BCUT2D eigenvalue weighted by Gasteiger charge is -2.30. The van der Waals surface area contributed by atoms with Crippen LogP contribution in [0.5, 0.6) is 0 Å². The maximum absolute atomic E-state index is 9.97. The van der Waals surface area contributed by atoms with E-state index in [9.17, 15) is 5.11 Å². The Hall–Kier alpha value is -0.340. The summed E-state index contributed by atoms with van der Waals surface area (Å²) in [5.74, 6) is 2.41. The van der Waals surface area contributed by atoms with Crippen molar-refractivity contribution in [2.75, 3.05) is 6.54 Å². The van der Waals surface area contributed by atoms with Crippen molar-refractivity contribution in [3.05, 3.63) is 12.2 Å². The van der Waals surface area contributed by atoms with Crippen molar-refractivity contribution in [3.8, 4) is 0 Å². The van der Waals surface area contributed by atoms with Gasteiger partial charge in [-0.3, -0.25) is 0 Å². The molecule has 16 heavy (non-hydrogen) atoms. The Kier molecular flexibility index (Phi) is 3.41. The number of hydrogen-bond acceptors (Lipinski definition) is 2. The number of nitrogens with one attached hydrogen (secondary N) is 1. The molecule has 0 spiro atoms. The predicted molar refractivity (Wildman–Crippen MR) is 67.2 cm³/mol. The molecule has 1 fully saturated rings. The third kappa shape index (κ3) is 2.49. The van der Waals surface area contributed by atoms with Crippen LogP contribution in [0.3, 0.4) is 0 Å². The lowest BCUT2D eigenvalue weighted by atomic mass is 9.87. The monoisotopic (exact) mass is 223 g/mol. The lowest BCUT2D eigenvalue weighted by molar-refractivity contribution is 0.0505. The summed E-state index contributed by atoms with van der Waals surface area (Å²) in [5, 5.41) is 13.5. The lowest BCUT2D eigenvalue weighted by Crippen LogP contribution is -2.44. The van der Waals surface area contributed by atoms with Gasteiger partial charge in [0, 0.05) is 12.6 Å². The van der Waals surface area contributed by atoms with E-state index in [0.717, 1.165) is 24.2 Å². The van der Waals surface area contributed by atoms with E-state index < -0.39 is 5.60 Å². The average Bonchev–Trinajstić information content (AvgIpc) is 2.87. The first kappa shape index (κ1) is 12.1. The molecule has 2 heteroatoms. The van der Waals surface area contributed by atoms with Crippen molar-refractivity contribution in [1.82, 2.24) is 5.32 Å². The molecule has 2 aliphatic carbocycles. The van der Waals surface area contributed by atoms with Crippen LogP contribution in [-0.2, 0) is 0 Å². The second-order valence-electron chi connectivity index (χ2n) is 5.96. The third-order valence-electron chi connectivity index (χ3n) is 4.54. The van der Waals surface area contributed by atoms with Gasteiger partial charge in [0.2, 0.25) is 0 Å². The molecule has 2 bridgehead atoms. The SMILES string of the molecule is CCC(C)(O)CNC(C)C1CC2C=CC1C2. The summed E-state index contributed by atoms with van der Waals surface area (Å²) in [5.41, 5.74) is -0.554. The van der Waals surface area contributed by atoms with Gasteiger partial charge in [-0.25, -0.2) is 0 Å². The Labute approximate surface area is 99.1 Å². The van der Waals surface area contributed by atoms with Gasteiger partial charge >= 0.3 is 0 Å². The van der Waals surface area contributed by atoms with Gasteiger partial charge < -0.3 is 10.4 Å². The molecule has 0 aliphatic heterocycles. The molecular weight excluding hydrogens is 198 g/mol. The Morgan fingerprint density at radius 2 is 2.19 bits per heavy atom. The quantitative estimate of drug-likeness (QED) is 0.701. The minimum atomic E-state index is -0.554. The number of allylic oxidation sites excluding steroid dienone is 2. The highest BCUT2D eigenvalue weighted by molar-refractivity contribution is 5.11. The van der Waals surface area contributed by atoms with Crippen LogP contribution < -0.4 is 5.32 Å². The minimum Gasteiger partial charge on any atom is -0.389 e. The molecule has 5 atom stereocenters. The molecule has 2 aliphatic rings. The van der Waals surface area contributed by atoms with Crippen LogP contribution in [0.15, 0.2) is 12.2 Å². The number of rotatable bonds is 5. The second kappa shape index (κ2) is 4.50. The molecule has 2 rings (SSSR count). The van der Waals surface area contributed by atoms with E-state index >= 15 is 0 Å². The molecule has 2 nitrogen and oxygen atoms in total. The van der Waals surface area contributed by atoms with Crippen molar-refractivity contribution in [3.63, 3.8) is 0 Å². The second-order valence-corrected chi connectivity index (χ2v) is 5.96. The maximum Gasteiger partial charge on any atom is 0.0741 e. The Bertz CT molecular complexity index is 272. The van der Waals surface area contributed by atoms with Gasteiger partial charge in [0.1, 0.15) is 0 Å². The molecule has 5 unspecified atom stereocenters. The van der Waals surface area contributed by atoms with Gasteiger partial charge in [0.15, 0.2) is 0 Å². The van der Waals surface area contributed by atoms with E-state index in [1.807, 2.05) is 13.8 Å². The van der Waals surface area contributed by atoms with Gasteiger partial charge in [-0.05, 0) is 50.9 Å². The molecule has 2 N–H and O–H groups in total. The van der Waals surface area contributed by atoms with Crippen molar-refractivity contribution < 1.29 is 5.11 Å². The largest absolute Gasteiger partial charge is 0.389 e. The Morgan fingerprint density at radius 1 is 1.44 bits per heavy atom. The Morgan fingerprint density at radius 3 is 2.69 bits per heavy atom.